The Morgan fingerprint density at radius 3 is 2.04 bits per heavy atom. The Morgan fingerprint density at radius 1 is 0.897 bits per heavy atom. The molecular formula is C44H46Cl6FNO16. The number of esters is 3. The lowest BCUT2D eigenvalue weighted by molar-refractivity contribution is -0.346. The number of hydrogen-bond donors (Lipinski definition) is 3. The predicted octanol–water partition coefficient (Wildman–Crippen LogP) is 6.89. The molecule has 0 radical (unpaired) electrons. The number of Topliss-reactive ketones (excluding diaryl/α,β-unsaturated/α-hetero) is 1. The fraction of sp³-hybridized carbons (Fsp3) is 0.545. The van der Waals surface area contributed by atoms with Crippen LogP contribution in [0.15, 0.2) is 65.7 Å². The zero-order valence-electron chi connectivity index (χ0n) is 36.7. The van der Waals surface area contributed by atoms with Crippen molar-refractivity contribution in [2.45, 2.75) is 109 Å². The predicted molar refractivity (Wildman–Crippen MR) is 239 cm³/mol. The van der Waals surface area contributed by atoms with Gasteiger partial charge in [0.1, 0.15) is 49.0 Å². The van der Waals surface area contributed by atoms with Gasteiger partial charge in [0.2, 0.25) is 7.59 Å². The second kappa shape index (κ2) is 19.8. The van der Waals surface area contributed by atoms with E-state index in [1.165, 1.54) is 39.8 Å². The van der Waals surface area contributed by atoms with Crippen molar-refractivity contribution in [3.8, 4) is 0 Å². The van der Waals surface area contributed by atoms with E-state index in [4.69, 9.17) is 113 Å². The first kappa shape index (κ1) is 53.7. The molecular weight excluding hydrogens is 1030 g/mol. The Labute approximate surface area is 418 Å². The summed E-state index contributed by atoms with van der Waals surface area (Å²) in [6, 6.07) is 11.0. The lowest BCUT2D eigenvalue weighted by Crippen LogP contribution is -2.82. The maximum atomic E-state index is 16.1. The van der Waals surface area contributed by atoms with Gasteiger partial charge in [-0.15, -0.1) is 0 Å². The van der Waals surface area contributed by atoms with Crippen molar-refractivity contribution in [1.29, 1.82) is 0 Å². The van der Waals surface area contributed by atoms with Gasteiger partial charge in [-0.2, -0.15) is 0 Å². The van der Waals surface area contributed by atoms with Crippen LogP contribution in [-0.4, -0.2) is 121 Å². The van der Waals surface area contributed by atoms with Crippen molar-refractivity contribution in [3.05, 3.63) is 82.7 Å². The quantitative estimate of drug-likeness (QED) is 0.0897. The SMILES string of the molecule is CC(=O)O[C@@]12CO[C@@H]1C[C@H](OC(=O)OCC(Cl)(Cl)Cl)[C@@]1(C)C(=O)[C@H](OC(=O)OCC(Cl)(Cl)Cl)C3=C(C)[C@@H](OC(=O)[C@H](O)[C@@H](N)c4ccccc4)C[C@@](O)([C@@H](OC(=O)c4cccc(F)c4)[C@H]21)C3(C)C. The average molecular weight is 1080 g/mol. The molecule has 3 aliphatic carbocycles. The molecule has 0 amide bonds. The van der Waals surface area contributed by atoms with Crippen molar-refractivity contribution < 1.29 is 81.3 Å². The molecule has 2 saturated carbocycles. The van der Waals surface area contributed by atoms with E-state index < -0.39 is 153 Å². The minimum atomic E-state index is -2.68. The number of carbonyl (C=O) groups is 6. The molecule has 3 fully saturated rings. The summed E-state index contributed by atoms with van der Waals surface area (Å²) in [6.07, 6.45) is -15.5. The number of nitrogens with two attached hydrogens (primary N) is 1. The molecule has 0 unspecified atom stereocenters. The Balaban J connectivity index is 1.63. The Kier molecular flexibility index (Phi) is 15.7. The topological polar surface area (TPSA) is 243 Å². The molecule has 6 rings (SSSR count). The van der Waals surface area contributed by atoms with E-state index in [2.05, 4.69) is 0 Å². The molecule has 0 aromatic heterocycles. The zero-order valence-corrected chi connectivity index (χ0v) is 41.2. The standard InChI is InChI=1S/C44H46Cl6FNO16/c1-20-25(64-36(57)30(54)29(52)22-10-7-6-8-11-22)16-42(60)34(67-35(56)23-12-9-13-24(51)14-23)32-40(5,33(55)31(28(20)39(42,3)4)66-38(59)63-19-44(48,49)50)26(65-37(58)62-18-43(45,46)47)15-27-41(32,17-61-27)68-21(2)53/h6-14,25-27,29-32,34,54,60H,15-19,52H2,1-5H3/t25-,26-,27+,29-,30+,31+,32-,34-,40+,41-,42+/m0/s1. The Hall–Kier alpha value is -3.69. The minimum absolute atomic E-state index is 0.0341. The molecule has 17 nitrogen and oxygen atoms in total. The number of ether oxygens (including phenoxy) is 8. The third-order valence-corrected chi connectivity index (χ3v) is 13.8. The van der Waals surface area contributed by atoms with Crippen LogP contribution >= 0.6 is 69.6 Å². The highest BCUT2D eigenvalue weighted by atomic mass is 35.6. The molecule has 1 heterocycles. The van der Waals surface area contributed by atoms with Gasteiger partial charge >= 0.3 is 30.2 Å². The second-order valence-corrected chi connectivity index (χ2v) is 22.6. The summed E-state index contributed by atoms with van der Waals surface area (Å²) in [6.45, 7) is 4.13. The van der Waals surface area contributed by atoms with Crippen LogP contribution in [0.25, 0.3) is 0 Å². The van der Waals surface area contributed by atoms with Gasteiger partial charge in [0.05, 0.1) is 29.5 Å². The lowest BCUT2D eigenvalue weighted by Gasteiger charge is -2.67. The molecule has 2 aromatic rings. The van der Waals surface area contributed by atoms with Gasteiger partial charge in [-0.3, -0.25) is 9.59 Å². The average Bonchev–Trinajstić information content (AvgIpc) is 3.24. The lowest BCUT2D eigenvalue weighted by atomic mass is 9.44. The van der Waals surface area contributed by atoms with Crippen molar-refractivity contribution in [1.82, 2.24) is 0 Å². The summed E-state index contributed by atoms with van der Waals surface area (Å²) in [5, 5.41) is 25.1. The van der Waals surface area contributed by atoms with E-state index in [-0.39, 0.29) is 16.7 Å². The maximum absolute atomic E-state index is 16.1. The van der Waals surface area contributed by atoms with E-state index in [9.17, 15) is 38.6 Å². The van der Waals surface area contributed by atoms with Crippen LogP contribution in [0.4, 0.5) is 14.0 Å². The highest BCUT2D eigenvalue weighted by molar-refractivity contribution is 6.68. The van der Waals surface area contributed by atoms with Crippen LogP contribution in [0.1, 0.15) is 69.4 Å². The molecule has 2 bridgehead atoms. The fourth-order valence-electron chi connectivity index (χ4n) is 9.82. The third-order valence-electron chi connectivity index (χ3n) is 13.1. The Bertz CT molecular complexity index is 2350. The highest BCUT2D eigenvalue weighted by Crippen LogP contribution is 2.65. The van der Waals surface area contributed by atoms with Crippen molar-refractivity contribution in [3.63, 3.8) is 0 Å². The van der Waals surface area contributed by atoms with Gasteiger partial charge < -0.3 is 53.8 Å². The molecule has 4 N–H and O–H groups in total. The molecule has 0 spiro atoms. The highest BCUT2D eigenvalue weighted by Gasteiger charge is 2.79. The minimum Gasteiger partial charge on any atom is -0.456 e. The number of halogens is 7. The number of benzene rings is 2. The van der Waals surface area contributed by atoms with Gasteiger partial charge in [-0.1, -0.05) is 120 Å². The van der Waals surface area contributed by atoms with Crippen molar-refractivity contribution in [2.75, 3.05) is 19.8 Å². The second-order valence-electron chi connectivity index (χ2n) is 17.6. The van der Waals surface area contributed by atoms with Crippen LogP contribution in [0.3, 0.4) is 0 Å². The fourth-order valence-corrected chi connectivity index (χ4v) is 10.1. The van der Waals surface area contributed by atoms with E-state index in [1.807, 2.05) is 0 Å². The monoisotopic (exact) mass is 1070 g/mol. The summed E-state index contributed by atoms with van der Waals surface area (Å²) in [4.78, 5) is 85.0. The number of fused-ring (bicyclic) bond motifs is 5. The number of alkyl halides is 6. The molecule has 372 valence electrons. The summed E-state index contributed by atoms with van der Waals surface area (Å²) in [7, 11) is 0. The number of hydrogen-bond acceptors (Lipinski definition) is 17. The van der Waals surface area contributed by atoms with E-state index >= 15 is 4.79 Å². The first-order chi connectivity index (χ1) is 31.5. The first-order valence-electron chi connectivity index (χ1n) is 20.7. The molecule has 68 heavy (non-hydrogen) atoms. The number of rotatable bonds is 11. The van der Waals surface area contributed by atoms with Crippen LogP contribution in [-0.2, 0) is 52.3 Å². The van der Waals surface area contributed by atoms with E-state index in [0.29, 0.717) is 5.56 Å². The summed E-state index contributed by atoms with van der Waals surface area (Å²) in [5.74, 6) is -7.46. The number of aliphatic hydroxyl groups is 2. The first-order valence-corrected chi connectivity index (χ1v) is 23.0. The van der Waals surface area contributed by atoms with Crippen molar-refractivity contribution in [2.24, 2.45) is 22.5 Å². The maximum Gasteiger partial charge on any atom is 0.509 e. The molecule has 4 aliphatic rings. The van der Waals surface area contributed by atoms with E-state index in [1.54, 1.807) is 30.3 Å². The molecule has 11 atom stereocenters. The molecule has 1 saturated heterocycles. The van der Waals surface area contributed by atoms with Gasteiger partial charge in [0.15, 0.2) is 23.6 Å². The largest absolute Gasteiger partial charge is 0.509 e. The normalized spacial score (nSPS) is 30.6. The van der Waals surface area contributed by atoms with Crippen molar-refractivity contribution >= 4 is 106 Å². The summed E-state index contributed by atoms with van der Waals surface area (Å²) in [5.41, 5.74) is -3.21. The van der Waals surface area contributed by atoms with Crippen LogP contribution in [0.5, 0.6) is 0 Å². The molecule has 24 heteroatoms. The third kappa shape index (κ3) is 10.5. The molecule has 2 aromatic carbocycles. The van der Waals surface area contributed by atoms with Gasteiger partial charge in [0, 0.05) is 25.2 Å². The zero-order chi connectivity index (χ0) is 50.5. The smallest absolute Gasteiger partial charge is 0.456 e. The summed E-state index contributed by atoms with van der Waals surface area (Å²) >= 11 is 35.1. The molecule has 1 aliphatic heterocycles. The Morgan fingerprint density at radius 2 is 1.50 bits per heavy atom. The number of carbonyl (C=O) groups excluding carboxylic acids is 6. The van der Waals surface area contributed by atoms with Gasteiger partial charge in [-0.25, -0.2) is 23.6 Å². The van der Waals surface area contributed by atoms with Crippen LogP contribution < -0.4 is 5.73 Å². The van der Waals surface area contributed by atoms with Gasteiger partial charge in [-0.05, 0) is 48.8 Å². The van der Waals surface area contributed by atoms with Crippen LogP contribution in [0, 0.1) is 22.6 Å². The van der Waals surface area contributed by atoms with Crippen LogP contribution in [0.2, 0.25) is 0 Å². The number of ketones is 1. The summed E-state index contributed by atoms with van der Waals surface area (Å²) < 4.78 is 56.5. The van der Waals surface area contributed by atoms with E-state index in [0.717, 1.165) is 19.1 Å². The number of aliphatic hydroxyl groups excluding tert-OH is 1. The van der Waals surface area contributed by atoms with Gasteiger partial charge in [0.25, 0.3) is 0 Å².